The lowest BCUT2D eigenvalue weighted by atomic mass is 9.93. The number of fused-ring (bicyclic) bond motifs is 2. The molecule has 25 heteroatoms. The van der Waals surface area contributed by atoms with Crippen LogP contribution in [0.3, 0.4) is 0 Å². The number of esters is 1. The lowest BCUT2D eigenvalue weighted by molar-refractivity contribution is -0.151. The number of likely N-dealkylation sites (tertiary alicyclic amines) is 1. The maximum absolute atomic E-state index is 14.8. The zero-order valence-corrected chi connectivity index (χ0v) is 53.2. The van der Waals surface area contributed by atoms with E-state index in [-0.39, 0.29) is 61.1 Å². The summed E-state index contributed by atoms with van der Waals surface area (Å²) in [5, 5.41) is 33.4. The van der Waals surface area contributed by atoms with Crippen molar-refractivity contribution in [2.24, 2.45) is 17.6 Å². The van der Waals surface area contributed by atoms with Crippen molar-refractivity contribution in [2.45, 2.75) is 192 Å². The number of benzene rings is 1. The number of carboxylic acid groups (broad SMARTS) is 1. The predicted octanol–water partition coefficient (Wildman–Crippen LogP) is 4.09. The number of nitrogens with one attached hydrogen (secondary N) is 5. The van der Waals surface area contributed by atoms with E-state index < -0.39 is 150 Å². The molecule has 82 heavy (non-hydrogen) atoms. The van der Waals surface area contributed by atoms with Crippen LogP contribution in [0.4, 0.5) is 0 Å². The molecule has 9 N–H and O–H groups in total. The van der Waals surface area contributed by atoms with Crippen LogP contribution >= 0.6 is 11.8 Å². The highest BCUT2D eigenvalue weighted by atomic mass is 32.2. The Balaban J connectivity index is 1.84. The van der Waals surface area contributed by atoms with Gasteiger partial charge in [0.15, 0.2) is 22.4 Å². The topological polar surface area (TPSA) is 320 Å². The van der Waals surface area contributed by atoms with Gasteiger partial charge in [-0.25, -0.2) is 4.79 Å². The Morgan fingerprint density at radius 3 is 2.23 bits per heavy atom. The minimum atomic E-state index is -2.50. The largest absolute Gasteiger partial charge is 0.497 e. The van der Waals surface area contributed by atoms with E-state index in [1.165, 1.54) is 13.2 Å². The van der Waals surface area contributed by atoms with E-state index >= 15 is 0 Å². The van der Waals surface area contributed by atoms with Crippen LogP contribution < -0.4 is 37.1 Å². The third kappa shape index (κ3) is 18.5. The number of thioether (sulfide) groups is 1. The number of ketones is 1. The quantitative estimate of drug-likeness (QED) is 0.0518. The number of rotatable bonds is 20. The molecule has 0 saturated carbocycles. The van der Waals surface area contributed by atoms with Gasteiger partial charge in [0.1, 0.15) is 36.5 Å². The average Bonchev–Trinajstić information content (AvgIpc) is 4.12. The van der Waals surface area contributed by atoms with Crippen LogP contribution in [0, 0.1) is 11.8 Å². The number of aliphatic hydroxyl groups excluding tert-OH is 1. The Kier molecular flexibility index (Phi) is 24.7. The number of aliphatic carboxylic acids is 1. The number of hydrogen-bond donors (Lipinski definition) is 8. The van der Waals surface area contributed by atoms with E-state index in [0.29, 0.717) is 28.2 Å². The van der Waals surface area contributed by atoms with Crippen molar-refractivity contribution in [1.29, 1.82) is 0 Å². The maximum Gasteiger partial charge on any atom is 0.326 e. The van der Waals surface area contributed by atoms with E-state index in [1.807, 2.05) is 19.1 Å². The van der Waals surface area contributed by atoms with Gasteiger partial charge in [0.25, 0.3) is 0 Å². The fourth-order valence-electron chi connectivity index (χ4n) is 9.06. The predicted molar refractivity (Wildman–Crippen MR) is 317 cm³/mol. The van der Waals surface area contributed by atoms with Gasteiger partial charge in [-0.05, 0) is 75.9 Å². The molecule has 458 valence electrons. The second-order valence-corrected chi connectivity index (χ2v) is 35.4. The molecule has 0 bridgehead atoms. The van der Waals surface area contributed by atoms with Gasteiger partial charge in [-0.15, -0.1) is 11.8 Å². The summed E-state index contributed by atoms with van der Waals surface area (Å²) in [7, 11) is -3.32. The van der Waals surface area contributed by atoms with E-state index in [2.05, 4.69) is 101 Å². The van der Waals surface area contributed by atoms with Crippen LogP contribution in [-0.2, 0) is 63.2 Å². The van der Waals surface area contributed by atoms with Gasteiger partial charge < -0.3 is 65.8 Å². The Hall–Kier alpha value is -5.45. The Morgan fingerprint density at radius 1 is 0.976 bits per heavy atom. The molecule has 0 aromatic heterocycles. The molecule has 1 aromatic carbocycles. The maximum atomic E-state index is 14.8. The molecule has 6 amide bonds. The molecule has 0 unspecified atom stereocenters. The van der Waals surface area contributed by atoms with Crippen molar-refractivity contribution in [1.82, 2.24) is 31.5 Å². The van der Waals surface area contributed by atoms with Crippen LogP contribution in [0.2, 0.25) is 36.3 Å². The molecular weight excluding hydrogens is 1110 g/mol. The standard InChI is InChI=1S/C57H91N7O15SSi2/c1-16-22-77-48(69)27-40(54(73)64-29-35(65)25-42(64)55(74)75)62-51(70)41-31-80-45-24-34-23-36(76-11)18-19-37(34)38(45)26-39(43(66)20-21-46(67)63-50(32(3)17-2)53(72)59-28-47(68)60-41)61-52(71)49(58)33(4)44(79-82(14,15)57(8,9)10)30-78-81(12,13)56(5,6)7/h16,18-19,23,32-33,35,39-42,44,49-50,65H,1,17,20-22,24-31,58H2,2-15H3,(H,59,72)(H,60,68)(H,61,71)(H,62,70)(H,63,67)(H,74,75)/t32-,33-,35+,39+,40+,41+,42-,44-,49-,50-/m0/s1. The van der Waals surface area contributed by atoms with E-state index in [4.69, 9.17) is 24.1 Å². The lowest BCUT2D eigenvalue weighted by Gasteiger charge is -2.43. The van der Waals surface area contributed by atoms with Crippen molar-refractivity contribution < 1.29 is 71.7 Å². The number of ether oxygens (including phenoxy) is 2. The molecule has 1 saturated heterocycles. The third-order valence-electron chi connectivity index (χ3n) is 16.7. The van der Waals surface area contributed by atoms with Crippen LogP contribution in [0.15, 0.2) is 35.8 Å². The molecule has 3 aliphatic rings. The minimum Gasteiger partial charge on any atom is -0.497 e. The number of carbonyl (C=O) groups is 9. The summed E-state index contributed by atoms with van der Waals surface area (Å²) in [6.45, 7) is 29.0. The highest BCUT2D eigenvalue weighted by Crippen LogP contribution is 2.44. The minimum absolute atomic E-state index is 0.121. The van der Waals surface area contributed by atoms with Crippen LogP contribution in [0.5, 0.6) is 5.75 Å². The first-order valence-electron chi connectivity index (χ1n) is 28.1. The first-order valence-corrected chi connectivity index (χ1v) is 34.9. The normalized spacial score (nSPS) is 22.8. The summed E-state index contributed by atoms with van der Waals surface area (Å²) >= 11 is 1.13. The molecule has 10 atom stereocenters. The number of aliphatic hydroxyl groups is 1. The molecule has 0 spiro atoms. The second-order valence-electron chi connectivity index (χ2n) is 24.8. The molecule has 2 aliphatic heterocycles. The number of nitrogens with zero attached hydrogens (tertiary/aromatic N) is 1. The zero-order chi connectivity index (χ0) is 61.8. The highest BCUT2D eigenvalue weighted by molar-refractivity contribution is 8.03. The molecule has 2 heterocycles. The van der Waals surface area contributed by atoms with Crippen molar-refractivity contribution in [3.05, 3.63) is 46.9 Å². The Bertz CT molecular complexity index is 2570. The lowest BCUT2D eigenvalue weighted by Crippen LogP contribution is -2.58. The molecule has 4 rings (SSSR count). The fourth-order valence-corrected chi connectivity index (χ4v) is 12.7. The number of nitrogens with two attached hydrogens (primary N) is 1. The number of β-amino-alcohol motifs (C(OH)–C–C–N with tert-alkyl or cyclic N) is 1. The third-order valence-corrected chi connectivity index (χ3v) is 26.9. The van der Waals surface area contributed by atoms with Gasteiger partial charge in [-0.2, -0.15) is 0 Å². The Morgan fingerprint density at radius 2 is 1.63 bits per heavy atom. The summed E-state index contributed by atoms with van der Waals surface area (Å²) in [5.41, 5.74) is 9.00. The molecule has 1 fully saturated rings. The van der Waals surface area contributed by atoms with E-state index in [9.17, 15) is 53.4 Å². The van der Waals surface area contributed by atoms with Crippen molar-refractivity contribution >= 4 is 87.1 Å². The molecule has 22 nitrogen and oxygen atoms in total. The number of methoxy groups -OCH3 is 1. The first-order chi connectivity index (χ1) is 38.1. The summed E-state index contributed by atoms with van der Waals surface area (Å²) < 4.78 is 24.4. The summed E-state index contributed by atoms with van der Waals surface area (Å²) in [6, 6.07) is -3.04. The fraction of sp³-hybridized carbons (Fsp3) is 0.667. The average molecular weight is 1200 g/mol. The molecular formula is C57H91N7O15SSi2. The van der Waals surface area contributed by atoms with Crippen LogP contribution in [-0.4, -0.2) is 173 Å². The van der Waals surface area contributed by atoms with Crippen molar-refractivity contribution in [3.63, 3.8) is 0 Å². The SMILES string of the molecule is C=CCOC(=O)C[C@@H](NC(=O)[C@H]1CSC2=C(C[C@@H](NC(=O)[C@@H](N)[C@@H](C)[C@H](CO[Si](C)(C)C(C)(C)C)O[Si](C)(C)C(C)(C)C)C(=O)CCC(=O)N[C@@H]([C@@H](C)CC)C(=O)NCC(=O)N1)c1ccc(OC)cc1C2)C(=O)N1C[C@H](O)C[C@H]1C(=O)O. The molecule has 0 radical (unpaired) electrons. The smallest absolute Gasteiger partial charge is 0.326 e. The van der Waals surface area contributed by atoms with Crippen LogP contribution in [0.25, 0.3) is 5.57 Å². The monoisotopic (exact) mass is 1200 g/mol. The van der Waals surface area contributed by atoms with Crippen molar-refractivity contribution in [3.8, 4) is 5.75 Å². The zero-order valence-electron chi connectivity index (χ0n) is 50.4. The molecule has 1 aliphatic carbocycles. The number of Topliss-reactive ketones (excluding diaryl/α,β-unsaturated/α-hetero) is 1. The molecule has 1 aromatic rings. The highest BCUT2D eigenvalue weighted by Gasteiger charge is 2.46. The van der Waals surface area contributed by atoms with E-state index in [0.717, 1.165) is 22.2 Å². The van der Waals surface area contributed by atoms with E-state index in [1.54, 1.807) is 19.9 Å². The number of allylic oxidation sites excluding steroid dienone is 1. The van der Waals surface area contributed by atoms with Gasteiger partial charge >= 0.3 is 11.9 Å². The van der Waals surface area contributed by atoms with Gasteiger partial charge in [0, 0.05) is 50.3 Å². The second kappa shape index (κ2) is 29.4. The van der Waals surface area contributed by atoms with Gasteiger partial charge in [0.05, 0.1) is 51.0 Å². The van der Waals surface area contributed by atoms with Gasteiger partial charge in [-0.3, -0.25) is 38.4 Å². The van der Waals surface area contributed by atoms with Gasteiger partial charge in [0.2, 0.25) is 35.4 Å². The Labute approximate surface area is 489 Å². The van der Waals surface area contributed by atoms with Gasteiger partial charge in [-0.1, -0.05) is 87.5 Å². The summed E-state index contributed by atoms with van der Waals surface area (Å²) in [5.74, 6) is -8.53. The number of amides is 6. The first kappa shape index (κ1) is 69.0. The van der Waals surface area contributed by atoms with Crippen molar-refractivity contribution in [2.75, 3.05) is 39.2 Å². The van der Waals surface area contributed by atoms with Crippen LogP contribution in [0.1, 0.15) is 112 Å². The summed E-state index contributed by atoms with van der Waals surface area (Å²) in [4.78, 5) is 127. The number of hydrogen-bond acceptors (Lipinski definition) is 16. The number of carbonyl (C=O) groups excluding carboxylic acids is 8. The summed E-state index contributed by atoms with van der Waals surface area (Å²) in [6.07, 6.45) is -1.78. The number of carboxylic acids is 1.